The minimum atomic E-state index is 0.803. The fraction of sp³-hybridized carbons (Fsp3) is 0.438. The van der Waals surface area contributed by atoms with E-state index in [1.807, 2.05) is 0 Å². The molecule has 20 heavy (non-hydrogen) atoms. The van der Waals surface area contributed by atoms with E-state index >= 15 is 0 Å². The molecular formula is C16H24N4. The van der Waals surface area contributed by atoms with Gasteiger partial charge in [-0.2, -0.15) is 5.10 Å². The fourth-order valence-electron chi connectivity index (χ4n) is 2.19. The van der Waals surface area contributed by atoms with Crippen molar-refractivity contribution in [1.82, 2.24) is 9.78 Å². The SMILES string of the molecule is CCc1cc(CNc2cccc(N(C)C)c2)n(CC)n1. The molecule has 1 aromatic carbocycles. The van der Waals surface area contributed by atoms with Crippen LogP contribution in [0.1, 0.15) is 25.2 Å². The van der Waals surface area contributed by atoms with Gasteiger partial charge in [0.1, 0.15) is 0 Å². The van der Waals surface area contributed by atoms with Gasteiger partial charge in [0.2, 0.25) is 0 Å². The van der Waals surface area contributed by atoms with E-state index in [-0.39, 0.29) is 0 Å². The lowest BCUT2D eigenvalue weighted by Gasteiger charge is -2.14. The largest absolute Gasteiger partial charge is 0.379 e. The average Bonchev–Trinajstić information content (AvgIpc) is 2.88. The highest BCUT2D eigenvalue weighted by Gasteiger charge is 2.05. The van der Waals surface area contributed by atoms with Crippen molar-refractivity contribution in [2.45, 2.75) is 33.4 Å². The minimum absolute atomic E-state index is 0.803. The van der Waals surface area contributed by atoms with E-state index in [2.05, 4.69) is 78.3 Å². The van der Waals surface area contributed by atoms with Crippen LogP contribution in [0.25, 0.3) is 0 Å². The zero-order valence-corrected chi connectivity index (χ0v) is 12.8. The second kappa shape index (κ2) is 6.46. The van der Waals surface area contributed by atoms with Crippen molar-refractivity contribution < 1.29 is 0 Å². The van der Waals surface area contributed by atoms with Gasteiger partial charge in [-0.1, -0.05) is 13.0 Å². The van der Waals surface area contributed by atoms with Crippen LogP contribution >= 0.6 is 0 Å². The van der Waals surface area contributed by atoms with Gasteiger partial charge >= 0.3 is 0 Å². The Balaban J connectivity index is 2.08. The molecule has 4 heteroatoms. The molecule has 0 saturated carbocycles. The number of benzene rings is 1. The van der Waals surface area contributed by atoms with Gasteiger partial charge in [-0.3, -0.25) is 4.68 Å². The van der Waals surface area contributed by atoms with Gasteiger partial charge in [0.25, 0.3) is 0 Å². The third-order valence-corrected chi connectivity index (χ3v) is 3.41. The first-order valence-corrected chi connectivity index (χ1v) is 7.21. The summed E-state index contributed by atoms with van der Waals surface area (Å²) >= 11 is 0. The average molecular weight is 272 g/mol. The van der Waals surface area contributed by atoms with E-state index in [9.17, 15) is 0 Å². The Kier molecular flexibility index (Phi) is 4.66. The normalized spacial score (nSPS) is 10.6. The van der Waals surface area contributed by atoms with Crippen molar-refractivity contribution in [3.05, 3.63) is 41.7 Å². The summed E-state index contributed by atoms with van der Waals surface area (Å²) in [5, 5.41) is 8.05. The molecule has 1 N–H and O–H groups in total. The molecule has 0 bridgehead atoms. The van der Waals surface area contributed by atoms with Gasteiger partial charge in [-0.25, -0.2) is 0 Å². The van der Waals surface area contributed by atoms with E-state index in [0.717, 1.165) is 30.9 Å². The summed E-state index contributed by atoms with van der Waals surface area (Å²) in [6.07, 6.45) is 0.982. The number of anilines is 2. The minimum Gasteiger partial charge on any atom is -0.379 e. The molecule has 108 valence electrons. The second-order valence-electron chi connectivity index (χ2n) is 5.09. The quantitative estimate of drug-likeness (QED) is 0.877. The molecule has 0 saturated heterocycles. The van der Waals surface area contributed by atoms with Crippen LogP contribution in [0.15, 0.2) is 30.3 Å². The zero-order chi connectivity index (χ0) is 14.5. The topological polar surface area (TPSA) is 33.1 Å². The Labute approximate surface area is 121 Å². The smallest absolute Gasteiger partial charge is 0.0625 e. The van der Waals surface area contributed by atoms with Gasteiger partial charge < -0.3 is 10.2 Å². The highest BCUT2D eigenvalue weighted by Crippen LogP contribution is 2.18. The maximum absolute atomic E-state index is 4.57. The summed E-state index contributed by atoms with van der Waals surface area (Å²) in [6.45, 7) is 5.98. The van der Waals surface area contributed by atoms with Crippen LogP contribution in [0.2, 0.25) is 0 Å². The van der Waals surface area contributed by atoms with Crippen molar-refractivity contribution >= 4 is 11.4 Å². The molecule has 0 spiro atoms. The van der Waals surface area contributed by atoms with Crippen molar-refractivity contribution in [1.29, 1.82) is 0 Å². The van der Waals surface area contributed by atoms with Crippen molar-refractivity contribution in [3.8, 4) is 0 Å². The molecule has 0 fully saturated rings. The van der Waals surface area contributed by atoms with Gasteiger partial charge in [-0.05, 0) is 37.6 Å². The predicted octanol–water partition coefficient (Wildman–Crippen LogP) is 3.14. The number of aryl methyl sites for hydroxylation is 2. The van der Waals surface area contributed by atoms with E-state index in [1.54, 1.807) is 0 Å². The third kappa shape index (κ3) is 3.32. The van der Waals surface area contributed by atoms with E-state index in [4.69, 9.17) is 0 Å². The first kappa shape index (κ1) is 14.4. The van der Waals surface area contributed by atoms with Crippen LogP contribution in [-0.2, 0) is 19.5 Å². The lowest BCUT2D eigenvalue weighted by molar-refractivity contribution is 0.619. The molecule has 2 aromatic rings. The van der Waals surface area contributed by atoms with Crippen molar-refractivity contribution in [3.63, 3.8) is 0 Å². The molecule has 1 aromatic heterocycles. The summed E-state index contributed by atoms with van der Waals surface area (Å²) in [4.78, 5) is 2.11. The highest BCUT2D eigenvalue weighted by molar-refractivity contribution is 5.57. The third-order valence-electron chi connectivity index (χ3n) is 3.41. The Morgan fingerprint density at radius 1 is 1.20 bits per heavy atom. The molecule has 0 unspecified atom stereocenters. The molecule has 0 aliphatic carbocycles. The number of aromatic nitrogens is 2. The molecule has 1 heterocycles. The van der Waals surface area contributed by atoms with Gasteiger partial charge in [0.05, 0.1) is 17.9 Å². The molecule has 0 amide bonds. The fourth-order valence-corrected chi connectivity index (χ4v) is 2.19. The molecule has 4 nitrogen and oxygen atoms in total. The van der Waals surface area contributed by atoms with Crippen LogP contribution in [-0.4, -0.2) is 23.9 Å². The molecular weight excluding hydrogens is 248 g/mol. The first-order valence-electron chi connectivity index (χ1n) is 7.21. The summed E-state index contributed by atoms with van der Waals surface area (Å²) in [6, 6.07) is 10.6. The van der Waals surface area contributed by atoms with Crippen LogP contribution < -0.4 is 10.2 Å². The van der Waals surface area contributed by atoms with Crippen LogP contribution in [0, 0.1) is 0 Å². The van der Waals surface area contributed by atoms with Gasteiger partial charge in [0, 0.05) is 32.0 Å². The van der Waals surface area contributed by atoms with E-state index < -0.39 is 0 Å². The monoisotopic (exact) mass is 272 g/mol. The standard InChI is InChI=1S/C16H24N4/c1-5-13-10-16(20(6-2)18-13)12-17-14-8-7-9-15(11-14)19(3)4/h7-11,17H,5-6,12H2,1-4H3. The maximum Gasteiger partial charge on any atom is 0.0625 e. The van der Waals surface area contributed by atoms with Gasteiger partial charge in [0.15, 0.2) is 0 Å². The molecule has 0 radical (unpaired) electrons. The van der Waals surface area contributed by atoms with E-state index in [0.29, 0.717) is 0 Å². The van der Waals surface area contributed by atoms with Gasteiger partial charge in [-0.15, -0.1) is 0 Å². The number of nitrogens with one attached hydrogen (secondary N) is 1. The summed E-state index contributed by atoms with van der Waals surface area (Å²) in [7, 11) is 4.11. The van der Waals surface area contributed by atoms with Crippen LogP contribution in [0.3, 0.4) is 0 Å². The summed E-state index contributed by atoms with van der Waals surface area (Å²) in [5.74, 6) is 0. The Morgan fingerprint density at radius 2 is 2.00 bits per heavy atom. The number of rotatable bonds is 6. The van der Waals surface area contributed by atoms with E-state index in [1.165, 1.54) is 11.4 Å². The number of nitrogens with zero attached hydrogens (tertiary/aromatic N) is 3. The molecule has 2 rings (SSSR count). The first-order chi connectivity index (χ1) is 9.63. The molecule has 0 aliphatic heterocycles. The zero-order valence-electron chi connectivity index (χ0n) is 12.8. The predicted molar refractivity (Wildman–Crippen MR) is 85.4 cm³/mol. The van der Waals surface area contributed by atoms with Crippen LogP contribution in [0.5, 0.6) is 0 Å². The number of hydrogen-bond acceptors (Lipinski definition) is 3. The Morgan fingerprint density at radius 3 is 2.65 bits per heavy atom. The molecule has 0 aliphatic rings. The number of hydrogen-bond donors (Lipinski definition) is 1. The Hall–Kier alpha value is -1.97. The van der Waals surface area contributed by atoms with Crippen molar-refractivity contribution in [2.24, 2.45) is 0 Å². The summed E-state index contributed by atoms with van der Waals surface area (Å²) < 4.78 is 2.07. The van der Waals surface area contributed by atoms with Crippen LogP contribution in [0.4, 0.5) is 11.4 Å². The highest BCUT2D eigenvalue weighted by atomic mass is 15.3. The van der Waals surface area contributed by atoms with Crippen molar-refractivity contribution in [2.75, 3.05) is 24.3 Å². The maximum atomic E-state index is 4.57. The lowest BCUT2D eigenvalue weighted by atomic mass is 10.2. The molecule has 0 atom stereocenters. The Bertz CT molecular complexity index is 557. The lowest BCUT2D eigenvalue weighted by Crippen LogP contribution is -2.10. The summed E-state index contributed by atoms with van der Waals surface area (Å²) in [5.41, 5.74) is 4.73. The second-order valence-corrected chi connectivity index (χ2v) is 5.09.